The molecule has 2 N–H and O–H groups in total. The van der Waals surface area contributed by atoms with Crippen molar-refractivity contribution in [2.45, 2.75) is 26.8 Å². The van der Waals surface area contributed by atoms with E-state index in [1.54, 1.807) is 24.4 Å². The molecular formula is C19H19FN4O3S. The van der Waals surface area contributed by atoms with Crippen LogP contribution in [0.25, 0.3) is 0 Å². The van der Waals surface area contributed by atoms with Gasteiger partial charge in [-0.1, -0.05) is 31.1 Å². The zero-order chi connectivity index (χ0) is 20.3. The minimum atomic E-state index is -0.526. The predicted molar refractivity (Wildman–Crippen MR) is 103 cm³/mol. The molecule has 0 unspecified atom stereocenters. The molecule has 3 rings (SSSR count). The van der Waals surface area contributed by atoms with E-state index < -0.39 is 17.8 Å². The largest absolute Gasteiger partial charge is 0.361 e. The third-order valence-corrected chi connectivity index (χ3v) is 4.88. The average Bonchev–Trinajstić information content (AvgIpc) is 3.30. The van der Waals surface area contributed by atoms with E-state index >= 15 is 0 Å². The van der Waals surface area contributed by atoms with Crippen molar-refractivity contribution in [1.82, 2.24) is 15.5 Å². The molecular weight excluding hydrogens is 383 g/mol. The lowest BCUT2D eigenvalue weighted by Crippen LogP contribution is -2.32. The van der Waals surface area contributed by atoms with Crippen LogP contribution in [0.15, 0.2) is 40.2 Å². The fraction of sp³-hybridized carbons (Fsp3) is 0.263. The second-order valence-corrected chi connectivity index (χ2v) is 7.41. The number of hydrogen-bond acceptors (Lipinski definition) is 6. The van der Waals surface area contributed by atoms with Gasteiger partial charge in [-0.3, -0.25) is 9.59 Å². The summed E-state index contributed by atoms with van der Waals surface area (Å²) in [5, 5.41) is 11.2. The number of aromatic nitrogens is 2. The predicted octanol–water partition coefficient (Wildman–Crippen LogP) is 3.96. The Morgan fingerprint density at radius 3 is 2.57 bits per heavy atom. The summed E-state index contributed by atoms with van der Waals surface area (Å²) in [6, 6.07) is 7.03. The van der Waals surface area contributed by atoms with Gasteiger partial charge in [0.15, 0.2) is 5.69 Å². The summed E-state index contributed by atoms with van der Waals surface area (Å²) in [5.74, 6) is -0.878. The molecule has 2 heterocycles. The van der Waals surface area contributed by atoms with Crippen LogP contribution in [0.4, 0.5) is 10.1 Å². The number of nitrogens with zero attached hydrogens (tertiary/aromatic N) is 2. The second-order valence-electron chi connectivity index (χ2n) is 6.52. The second kappa shape index (κ2) is 8.30. The number of carbonyl (C=O) groups is 2. The Bertz CT molecular complexity index is 998. The van der Waals surface area contributed by atoms with Crippen LogP contribution in [0.3, 0.4) is 0 Å². The Morgan fingerprint density at radius 2 is 1.93 bits per heavy atom. The molecule has 0 spiro atoms. The van der Waals surface area contributed by atoms with Crippen LogP contribution in [-0.2, 0) is 0 Å². The standard InChI is InChI=1S/C19H19FN4O3S/c1-10(2)16(23-17(25)14-8-11(3)27-24-14)19-22-15(9-28-19)18(26)21-13-7-5-4-6-12(13)20/h4-10,16H,1-3H3,(H,21,26)(H,23,25)/t16-/m1/s1. The summed E-state index contributed by atoms with van der Waals surface area (Å²) in [4.78, 5) is 29.1. The van der Waals surface area contributed by atoms with Crippen LogP contribution in [0.1, 0.15) is 51.6 Å². The minimum absolute atomic E-state index is 0.0191. The van der Waals surface area contributed by atoms with E-state index in [2.05, 4.69) is 20.8 Å². The number of nitrogens with one attached hydrogen (secondary N) is 2. The number of rotatable bonds is 6. The molecule has 2 aromatic heterocycles. The maximum Gasteiger partial charge on any atom is 0.275 e. The normalized spacial score (nSPS) is 12.0. The first-order valence-electron chi connectivity index (χ1n) is 8.60. The first-order valence-corrected chi connectivity index (χ1v) is 9.48. The van der Waals surface area contributed by atoms with Crippen molar-refractivity contribution in [3.8, 4) is 0 Å². The van der Waals surface area contributed by atoms with Crippen LogP contribution in [0, 0.1) is 18.7 Å². The van der Waals surface area contributed by atoms with Gasteiger partial charge in [-0.2, -0.15) is 0 Å². The van der Waals surface area contributed by atoms with Gasteiger partial charge < -0.3 is 15.2 Å². The van der Waals surface area contributed by atoms with E-state index in [0.717, 1.165) is 0 Å². The van der Waals surface area contributed by atoms with Gasteiger partial charge in [-0.25, -0.2) is 9.37 Å². The molecule has 1 aromatic carbocycles. The Morgan fingerprint density at radius 1 is 1.18 bits per heavy atom. The number of para-hydroxylation sites is 1. The lowest BCUT2D eigenvalue weighted by Gasteiger charge is -2.19. The van der Waals surface area contributed by atoms with Crippen LogP contribution >= 0.6 is 11.3 Å². The molecule has 28 heavy (non-hydrogen) atoms. The zero-order valence-electron chi connectivity index (χ0n) is 15.5. The fourth-order valence-corrected chi connectivity index (χ4v) is 3.51. The highest BCUT2D eigenvalue weighted by Gasteiger charge is 2.25. The van der Waals surface area contributed by atoms with E-state index in [0.29, 0.717) is 10.8 Å². The molecule has 0 saturated heterocycles. The van der Waals surface area contributed by atoms with E-state index in [1.807, 2.05) is 13.8 Å². The van der Waals surface area contributed by atoms with E-state index in [9.17, 15) is 14.0 Å². The summed E-state index contributed by atoms with van der Waals surface area (Å²) < 4.78 is 18.6. The van der Waals surface area contributed by atoms with Crippen LogP contribution in [-0.4, -0.2) is 22.0 Å². The maximum atomic E-state index is 13.7. The summed E-state index contributed by atoms with van der Waals surface area (Å²) in [6.45, 7) is 5.56. The van der Waals surface area contributed by atoms with Gasteiger partial charge in [0, 0.05) is 11.4 Å². The molecule has 0 aliphatic carbocycles. The fourth-order valence-electron chi connectivity index (χ4n) is 2.49. The topological polar surface area (TPSA) is 97.1 Å². The first-order chi connectivity index (χ1) is 13.3. The zero-order valence-corrected chi connectivity index (χ0v) is 16.3. The van der Waals surface area contributed by atoms with Gasteiger partial charge in [-0.15, -0.1) is 11.3 Å². The molecule has 0 radical (unpaired) electrons. The molecule has 1 atom stereocenters. The third kappa shape index (κ3) is 4.42. The molecule has 0 fully saturated rings. The lowest BCUT2D eigenvalue weighted by atomic mass is 10.0. The van der Waals surface area contributed by atoms with Gasteiger partial charge >= 0.3 is 0 Å². The third-order valence-electron chi connectivity index (χ3n) is 3.96. The Hall–Kier alpha value is -3.07. The molecule has 2 amide bonds. The summed E-state index contributed by atoms with van der Waals surface area (Å²) in [7, 11) is 0. The van der Waals surface area contributed by atoms with Crippen LogP contribution in [0.5, 0.6) is 0 Å². The van der Waals surface area contributed by atoms with Crippen molar-refractivity contribution >= 4 is 28.8 Å². The number of benzene rings is 1. The summed E-state index contributed by atoms with van der Waals surface area (Å²) >= 11 is 1.25. The SMILES string of the molecule is Cc1cc(C(=O)N[C@@H](c2nc(C(=O)Nc3ccccc3F)cs2)C(C)C)no1. The number of carbonyl (C=O) groups excluding carboxylic acids is 2. The molecule has 7 nitrogen and oxygen atoms in total. The van der Waals surface area contributed by atoms with Gasteiger partial charge in [0.25, 0.3) is 11.8 Å². The quantitative estimate of drug-likeness (QED) is 0.650. The molecule has 9 heteroatoms. The van der Waals surface area contributed by atoms with Crippen molar-refractivity contribution in [2.24, 2.45) is 5.92 Å². The van der Waals surface area contributed by atoms with Crippen molar-refractivity contribution in [2.75, 3.05) is 5.32 Å². The van der Waals surface area contributed by atoms with Gasteiger partial charge in [0.05, 0.1) is 11.7 Å². The smallest absolute Gasteiger partial charge is 0.275 e. The highest BCUT2D eigenvalue weighted by molar-refractivity contribution is 7.10. The molecule has 3 aromatic rings. The van der Waals surface area contributed by atoms with Gasteiger partial charge in [0.1, 0.15) is 22.3 Å². The van der Waals surface area contributed by atoms with Crippen molar-refractivity contribution in [3.63, 3.8) is 0 Å². The van der Waals surface area contributed by atoms with Crippen molar-refractivity contribution in [3.05, 3.63) is 63.7 Å². The lowest BCUT2D eigenvalue weighted by molar-refractivity contribution is 0.0916. The van der Waals surface area contributed by atoms with E-state index in [1.165, 1.54) is 29.5 Å². The van der Waals surface area contributed by atoms with Crippen molar-refractivity contribution < 1.29 is 18.5 Å². The number of thiazole rings is 1. The number of aryl methyl sites for hydroxylation is 1. The van der Waals surface area contributed by atoms with Gasteiger partial charge in [0.2, 0.25) is 0 Å². The molecule has 0 bridgehead atoms. The molecule has 0 saturated carbocycles. The number of amides is 2. The molecule has 0 aliphatic heterocycles. The summed E-state index contributed by atoms with van der Waals surface area (Å²) in [6.07, 6.45) is 0. The maximum absolute atomic E-state index is 13.7. The Labute approximate surface area is 165 Å². The highest BCUT2D eigenvalue weighted by atomic mass is 32.1. The van der Waals surface area contributed by atoms with Gasteiger partial charge in [-0.05, 0) is 25.0 Å². The molecule has 146 valence electrons. The van der Waals surface area contributed by atoms with Crippen molar-refractivity contribution in [1.29, 1.82) is 0 Å². The Kier molecular flexibility index (Phi) is 5.84. The Balaban J connectivity index is 1.74. The van der Waals surface area contributed by atoms with Crippen LogP contribution in [0.2, 0.25) is 0 Å². The summed E-state index contributed by atoms with van der Waals surface area (Å²) in [5.41, 5.74) is 0.412. The monoisotopic (exact) mass is 402 g/mol. The first kappa shape index (κ1) is 19.7. The number of hydrogen-bond donors (Lipinski definition) is 2. The number of anilines is 1. The van der Waals surface area contributed by atoms with E-state index in [-0.39, 0.29) is 28.9 Å². The van der Waals surface area contributed by atoms with E-state index in [4.69, 9.17) is 4.52 Å². The average molecular weight is 402 g/mol. The van der Waals surface area contributed by atoms with Crippen LogP contribution < -0.4 is 10.6 Å². The minimum Gasteiger partial charge on any atom is -0.361 e. The number of halogens is 1. The molecule has 0 aliphatic rings. The highest BCUT2D eigenvalue weighted by Crippen LogP contribution is 2.26.